The van der Waals surface area contributed by atoms with Gasteiger partial charge in [0.05, 0.1) is 6.54 Å². The Balaban J connectivity index is 1.49. The van der Waals surface area contributed by atoms with Gasteiger partial charge in [-0.1, -0.05) is 36.4 Å². The van der Waals surface area contributed by atoms with E-state index in [2.05, 4.69) is 5.32 Å². The molecule has 2 aromatic carbocycles. The number of carbonyl (C=O) groups excluding carboxylic acids is 2. The Labute approximate surface area is 187 Å². The molecule has 1 aliphatic carbocycles. The molecule has 1 aliphatic rings. The van der Waals surface area contributed by atoms with Crippen LogP contribution in [0, 0.1) is 5.82 Å². The van der Waals surface area contributed by atoms with Gasteiger partial charge in [0.1, 0.15) is 12.4 Å². The van der Waals surface area contributed by atoms with Crippen molar-refractivity contribution in [3.05, 3.63) is 90.0 Å². The predicted molar refractivity (Wildman–Crippen MR) is 121 cm³/mol. The number of nitrogens with zero attached hydrogens (tertiary/aromatic N) is 3. The second-order valence-electron chi connectivity index (χ2n) is 8.15. The summed E-state index contributed by atoms with van der Waals surface area (Å²) in [6.07, 6.45) is 3.67. The minimum Gasteiger partial charge on any atom is -0.353 e. The van der Waals surface area contributed by atoms with E-state index < -0.39 is 5.82 Å². The molecule has 0 radical (unpaired) electrons. The maximum absolute atomic E-state index is 13.5. The zero-order valence-corrected chi connectivity index (χ0v) is 18.1. The summed E-state index contributed by atoms with van der Waals surface area (Å²) in [7, 11) is 1.95. The number of urea groups is 1. The van der Waals surface area contributed by atoms with E-state index in [1.807, 2.05) is 60.3 Å². The highest BCUT2D eigenvalue weighted by Crippen LogP contribution is 2.28. The number of rotatable bonds is 8. The van der Waals surface area contributed by atoms with Crippen molar-refractivity contribution in [1.82, 2.24) is 14.4 Å². The first-order valence-electron chi connectivity index (χ1n) is 10.7. The molecule has 4 rings (SSSR count). The largest absolute Gasteiger partial charge is 0.353 e. The van der Waals surface area contributed by atoms with Crippen LogP contribution in [-0.4, -0.2) is 38.9 Å². The van der Waals surface area contributed by atoms with Gasteiger partial charge >= 0.3 is 6.03 Å². The fourth-order valence-electron chi connectivity index (χ4n) is 3.65. The van der Waals surface area contributed by atoms with Crippen LogP contribution in [0.15, 0.2) is 72.9 Å². The van der Waals surface area contributed by atoms with Crippen molar-refractivity contribution in [2.24, 2.45) is 7.05 Å². The summed E-state index contributed by atoms with van der Waals surface area (Å²) in [6, 6.07) is 19.1. The molecule has 0 saturated heterocycles. The molecule has 1 fully saturated rings. The Bertz CT molecular complexity index is 1080. The molecular weight excluding hydrogens is 407 g/mol. The summed E-state index contributed by atoms with van der Waals surface area (Å²) in [6.45, 7) is 0.874. The van der Waals surface area contributed by atoms with Gasteiger partial charge in [0.15, 0.2) is 0 Å². The fraction of sp³-hybridized carbons (Fsp3) is 0.280. The lowest BCUT2D eigenvalue weighted by Crippen LogP contribution is -2.45. The molecule has 0 atom stereocenters. The average Bonchev–Trinajstić information content (AvgIpc) is 3.54. The molecule has 6 nitrogen and oxygen atoms in total. The molecule has 1 saturated carbocycles. The third-order valence-corrected chi connectivity index (χ3v) is 5.60. The van der Waals surface area contributed by atoms with Gasteiger partial charge < -0.3 is 19.7 Å². The van der Waals surface area contributed by atoms with Crippen LogP contribution in [0.1, 0.15) is 24.1 Å². The van der Waals surface area contributed by atoms with E-state index in [0.29, 0.717) is 18.8 Å². The summed E-state index contributed by atoms with van der Waals surface area (Å²) in [5.41, 5.74) is 2.41. The first kappa shape index (κ1) is 21.6. The minimum absolute atomic E-state index is 0.0247. The maximum Gasteiger partial charge on any atom is 0.322 e. The van der Waals surface area contributed by atoms with E-state index in [0.717, 1.165) is 24.1 Å². The summed E-state index contributed by atoms with van der Waals surface area (Å²) >= 11 is 0. The molecule has 1 heterocycles. The Morgan fingerprint density at radius 2 is 1.81 bits per heavy atom. The molecule has 0 aliphatic heterocycles. The number of nitrogens with one attached hydrogen (secondary N) is 1. The molecule has 7 heteroatoms. The van der Waals surface area contributed by atoms with Crippen LogP contribution in [0.5, 0.6) is 0 Å². The predicted octanol–water partition coefficient (Wildman–Crippen LogP) is 4.39. The summed E-state index contributed by atoms with van der Waals surface area (Å²) in [5, 5.41) is 2.72. The van der Waals surface area contributed by atoms with Crippen molar-refractivity contribution in [1.29, 1.82) is 0 Å². The van der Waals surface area contributed by atoms with E-state index in [1.54, 1.807) is 21.9 Å². The lowest BCUT2D eigenvalue weighted by molar-refractivity contribution is -0.133. The lowest BCUT2D eigenvalue weighted by atomic mass is 10.2. The quantitative estimate of drug-likeness (QED) is 0.572. The normalized spacial score (nSPS) is 12.9. The zero-order valence-electron chi connectivity index (χ0n) is 18.1. The van der Waals surface area contributed by atoms with Gasteiger partial charge in [-0.2, -0.15) is 0 Å². The van der Waals surface area contributed by atoms with Crippen LogP contribution in [0.4, 0.5) is 14.9 Å². The average molecular weight is 435 g/mol. The molecule has 1 N–H and O–H groups in total. The first-order valence-corrected chi connectivity index (χ1v) is 10.7. The molecule has 166 valence electrons. The minimum atomic E-state index is -0.423. The lowest BCUT2D eigenvalue weighted by Gasteiger charge is -2.28. The van der Waals surface area contributed by atoms with Crippen molar-refractivity contribution >= 4 is 17.6 Å². The zero-order chi connectivity index (χ0) is 22.5. The number of halogens is 1. The van der Waals surface area contributed by atoms with Crippen LogP contribution in [0.25, 0.3) is 0 Å². The SMILES string of the molecule is Cn1cccc1CN(Cc1ccccc1)C(=O)CN(C(=O)Nc1cccc(F)c1)C1CC1. The number of anilines is 1. The van der Waals surface area contributed by atoms with Gasteiger partial charge in [-0.15, -0.1) is 0 Å². The number of amides is 3. The highest BCUT2D eigenvalue weighted by molar-refractivity contribution is 5.92. The number of benzene rings is 2. The van der Waals surface area contributed by atoms with E-state index in [4.69, 9.17) is 0 Å². The third kappa shape index (κ3) is 5.55. The maximum atomic E-state index is 13.5. The molecule has 0 unspecified atom stereocenters. The highest BCUT2D eigenvalue weighted by Gasteiger charge is 2.35. The van der Waals surface area contributed by atoms with Crippen molar-refractivity contribution < 1.29 is 14.0 Å². The first-order chi connectivity index (χ1) is 15.5. The second kappa shape index (κ2) is 9.68. The Kier molecular flexibility index (Phi) is 6.54. The molecule has 3 aromatic rings. The van der Waals surface area contributed by atoms with Crippen LogP contribution < -0.4 is 5.32 Å². The van der Waals surface area contributed by atoms with E-state index in [9.17, 15) is 14.0 Å². The summed E-state index contributed by atoms with van der Waals surface area (Å²) in [5.74, 6) is -0.551. The third-order valence-electron chi connectivity index (χ3n) is 5.60. The van der Waals surface area contributed by atoms with Gasteiger partial charge in [0.2, 0.25) is 5.91 Å². The van der Waals surface area contributed by atoms with Gasteiger partial charge in [0.25, 0.3) is 0 Å². The highest BCUT2D eigenvalue weighted by atomic mass is 19.1. The Hall–Kier alpha value is -3.61. The van der Waals surface area contributed by atoms with Crippen LogP contribution in [-0.2, 0) is 24.9 Å². The van der Waals surface area contributed by atoms with Gasteiger partial charge in [-0.3, -0.25) is 4.79 Å². The molecule has 1 aromatic heterocycles. The number of hydrogen-bond donors (Lipinski definition) is 1. The van der Waals surface area contributed by atoms with Gasteiger partial charge in [-0.05, 0) is 48.7 Å². The summed E-state index contributed by atoms with van der Waals surface area (Å²) in [4.78, 5) is 29.6. The van der Waals surface area contributed by atoms with E-state index >= 15 is 0 Å². The molecule has 0 spiro atoms. The van der Waals surface area contributed by atoms with Gasteiger partial charge in [-0.25, -0.2) is 9.18 Å². The fourth-order valence-corrected chi connectivity index (χ4v) is 3.65. The van der Waals surface area contributed by atoms with E-state index in [1.165, 1.54) is 12.1 Å². The smallest absolute Gasteiger partial charge is 0.322 e. The number of carbonyl (C=O) groups is 2. The van der Waals surface area contributed by atoms with Crippen LogP contribution >= 0.6 is 0 Å². The standard InChI is InChI=1S/C25H27FN4O2/c1-28-14-6-11-23(28)17-29(16-19-7-3-2-4-8-19)24(31)18-30(22-12-13-22)25(32)27-21-10-5-9-20(26)15-21/h2-11,14-15,22H,12-13,16-18H2,1H3,(H,27,32). The number of aryl methyl sites for hydroxylation is 1. The Morgan fingerprint density at radius 3 is 2.47 bits per heavy atom. The van der Waals surface area contributed by atoms with E-state index in [-0.39, 0.29) is 24.5 Å². The van der Waals surface area contributed by atoms with Crippen molar-refractivity contribution in [2.75, 3.05) is 11.9 Å². The monoisotopic (exact) mass is 434 g/mol. The second-order valence-corrected chi connectivity index (χ2v) is 8.15. The van der Waals surface area contributed by atoms with Gasteiger partial charge in [0, 0.05) is 37.2 Å². The topological polar surface area (TPSA) is 57.6 Å². The van der Waals surface area contributed by atoms with Crippen molar-refractivity contribution in [2.45, 2.75) is 32.0 Å². The number of hydrogen-bond acceptors (Lipinski definition) is 2. The summed E-state index contributed by atoms with van der Waals surface area (Å²) < 4.78 is 15.5. The number of aromatic nitrogens is 1. The van der Waals surface area contributed by atoms with Crippen molar-refractivity contribution in [3.63, 3.8) is 0 Å². The Morgan fingerprint density at radius 1 is 1.03 bits per heavy atom. The molecule has 32 heavy (non-hydrogen) atoms. The molecular formula is C25H27FN4O2. The molecule has 0 bridgehead atoms. The van der Waals surface area contributed by atoms with Crippen LogP contribution in [0.3, 0.4) is 0 Å². The van der Waals surface area contributed by atoms with Crippen molar-refractivity contribution in [3.8, 4) is 0 Å². The van der Waals surface area contributed by atoms with Crippen LogP contribution in [0.2, 0.25) is 0 Å². The molecule has 3 amide bonds.